The number of carbonyl (C=O) groups is 2. The molecule has 1 heterocycles. The maximum atomic E-state index is 11.5. The highest BCUT2D eigenvalue weighted by Gasteiger charge is 2.47. The lowest BCUT2D eigenvalue weighted by Gasteiger charge is -2.23. The molecule has 0 aromatic carbocycles. The van der Waals surface area contributed by atoms with Crippen molar-refractivity contribution in [2.24, 2.45) is 0 Å². The van der Waals surface area contributed by atoms with Gasteiger partial charge in [-0.2, -0.15) is 0 Å². The summed E-state index contributed by atoms with van der Waals surface area (Å²) in [5.74, 6) is -1.74. The van der Waals surface area contributed by atoms with Gasteiger partial charge in [0.2, 0.25) is 0 Å². The van der Waals surface area contributed by atoms with E-state index < -0.39 is 29.4 Å². The van der Waals surface area contributed by atoms with Crippen molar-refractivity contribution in [3.8, 4) is 0 Å². The van der Waals surface area contributed by atoms with Crippen LogP contribution in [0.3, 0.4) is 0 Å². The van der Waals surface area contributed by atoms with Gasteiger partial charge < -0.3 is 18.9 Å². The first kappa shape index (κ1) is 18.4. The van der Waals surface area contributed by atoms with Crippen LogP contribution in [-0.4, -0.2) is 42.6 Å². The van der Waals surface area contributed by atoms with Crippen LogP contribution in [0.15, 0.2) is 24.3 Å². The van der Waals surface area contributed by atoms with Crippen LogP contribution in [0.2, 0.25) is 0 Å². The van der Waals surface area contributed by atoms with Gasteiger partial charge in [0.05, 0.1) is 13.2 Å². The molecule has 22 heavy (non-hydrogen) atoms. The molecule has 1 saturated heterocycles. The third-order valence-electron chi connectivity index (χ3n) is 2.97. The van der Waals surface area contributed by atoms with Crippen molar-refractivity contribution in [2.45, 2.75) is 52.1 Å². The van der Waals surface area contributed by atoms with Crippen molar-refractivity contribution < 1.29 is 28.5 Å². The molecule has 1 fully saturated rings. The fraction of sp³-hybridized carbons (Fsp3) is 0.625. The first-order valence-electron chi connectivity index (χ1n) is 7.31. The number of hydrogen-bond acceptors (Lipinski definition) is 6. The molecule has 2 atom stereocenters. The molecule has 0 aromatic rings. The Kier molecular flexibility index (Phi) is 6.32. The van der Waals surface area contributed by atoms with Crippen LogP contribution < -0.4 is 0 Å². The zero-order valence-corrected chi connectivity index (χ0v) is 13.8. The van der Waals surface area contributed by atoms with E-state index in [2.05, 4.69) is 0 Å². The molecule has 0 spiro atoms. The summed E-state index contributed by atoms with van der Waals surface area (Å²) in [4.78, 5) is 22.9. The Hall–Kier alpha value is -1.66. The minimum Gasteiger partial charge on any atom is -0.463 e. The van der Waals surface area contributed by atoms with Gasteiger partial charge in [0.25, 0.3) is 0 Å². The van der Waals surface area contributed by atoms with E-state index >= 15 is 0 Å². The van der Waals surface area contributed by atoms with E-state index in [4.69, 9.17) is 18.9 Å². The highest BCUT2D eigenvalue weighted by atomic mass is 16.8. The molecule has 0 aromatic heterocycles. The first-order chi connectivity index (χ1) is 10.2. The van der Waals surface area contributed by atoms with Gasteiger partial charge in [0.15, 0.2) is 5.79 Å². The molecule has 1 aliphatic rings. The van der Waals surface area contributed by atoms with Crippen LogP contribution in [0, 0.1) is 0 Å². The molecule has 0 saturated carbocycles. The van der Waals surface area contributed by atoms with Gasteiger partial charge in [0.1, 0.15) is 11.7 Å². The molecule has 0 aliphatic carbocycles. The topological polar surface area (TPSA) is 71.1 Å². The molecule has 0 bridgehead atoms. The summed E-state index contributed by atoms with van der Waals surface area (Å²) in [6.07, 6.45) is 5.23. The van der Waals surface area contributed by atoms with Gasteiger partial charge >= 0.3 is 11.9 Å². The smallest absolute Gasteiger partial charge is 0.330 e. The number of rotatable bonds is 6. The van der Waals surface area contributed by atoms with Gasteiger partial charge in [-0.15, -0.1) is 0 Å². The number of esters is 2. The Morgan fingerprint density at radius 3 is 2.14 bits per heavy atom. The summed E-state index contributed by atoms with van der Waals surface area (Å²) >= 11 is 0. The van der Waals surface area contributed by atoms with Crippen molar-refractivity contribution in [3.05, 3.63) is 24.3 Å². The minimum absolute atomic E-state index is 0.301. The van der Waals surface area contributed by atoms with Crippen LogP contribution >= 0.6 is 0 Å². The van der Waals surface area contributed by atoms with E-state index in [1.165, 1.54) is 12.2 Å². The van der Waals surface area contributed by atoms with Gasteiger partial charge in [-0.3, -0.25) is 0 Å². The zero-order valence-electron chi connectivity index (χ0n) is 13.8. The average molecular weight is 312 g/mol. The monoisotopic (exact) mass is 312 g/mol. The molecule has 6 heteroatoms. The lowest BCUT2D eigenvalue weighted by molar-refractivity contribution is -0.152. The molecule has 0 N–H and O–H groups in total. The summed E-state index contributed by atoms with van der Waals surface area (Å²) in [5.41, 5.74) is -0.890. The molecule has 0 radical (unpaired) electrons. The first-order valence-corrected chi connectivity index (χ1v) is 7.31. The third kappa shape index (κ3) is 5.27. The standard InChI is InChI=1S/C16H24O6/c1-6-19-13(17)9-8-12-16(5,22-15(3,4)21-12)11-10-14(18)20-7-2/h8-12H,6-7H2,1-5H3. The number of ether oxygens (including phenoxy) is 4. The molecule has 124 valence electrons. The van der Waals surface area contributed by atoms with Gasteiger partial charge in [-0.1, -0.05) is 0 Å². The van der Waals surface area contributed by atoms with E-state index in [0.717, 1.165) is 0 Å². The number of hydrogen-bond donors (Lipinski definition) is 0. The van der Waals surface area contributed by atoms with Gasteiger partial charge in [0, 0.05) is 12.2 Å². The van der Waals surface area contributed by atoms with Crippen LogP contribution in [0.1, 0.15) is 34.6 Å². The van der Waals surface area contributed by atoms with Gasteiger partial charge in [-0.05, 0) is 46.8 Å². The van der Waals surface area contributed by atoms with E-state index in [-0.39, 0.29) is 0 Å². The predicted molar refractivity (Wildman–Crippen MR) is 80.0 cm³/mol. The molecule has 1 aliphatic heterocycles. The summed E-state index contributed by atoms with van der Waals surface area (Å²) in [6, 6.07) is 0. The second-order valence-corrected chi connectivity index (χ2v) is 5.42. The van der Waals surface area contributed by atoms with E-state index in [1.807, 2.05) is 0 Å². The van der Waals surface area contributed by atoms with E-state index in [1.54, 1.807) is 46.8 Å². The second-order valence-electron chi connectivity index (χ2n) is 5.42. The Morgan fingerprint density at radius 2 is 1.59 bits per heavy atom. The van der Waals surface area contributed by atoms with E-state index in [0.29, 0.717) is 13.2 Å². The largest absolute Gasteiger partial charge is 0.463 e. The number of carbonyl (C=O) groups excluding carboxylic acids is 2. The summed E-state index contributed by atoms with van der Waals surface area (Å²) in [6.45, 7) is 9.37. The normalized spacial score (nSPS) is 27.4. The highest BCUT2D eigenvalue weighted by molar-refractivity contribution is 5.82. The average Bonchev–Trinajstić information content (AvgIpc) is 2.65. The molecule has 2 unspecified atom stereocenters. The van der Waals surface area contributed by atoms with Crippen LogP contribution in [-0.2, 0) is 28.5 Å². The van der Waals surface area contributed by atoms with Crippen molar-refractivity contribution in [3.63, 3.8) is 0 Å². The minimum atomic E-state index is -0.890. The third-order valence-corrected chi connectivity index (χ3v) is 2.97. The van der Waals surface area contributed by atoms with Crippen molar-refractivity contribution >= 4 is 11.9 Å². The Bertz CT molecular complexity index is 465. The highest BCUT2D eigenvalue weighted by Crippen LogP contribution is 2.38. The molecule has 1 rings (SSSR count). The SMILES string of the molecule is CCOC(=O)C=CC1OC(C)(C)OC1(C)C=CC(=O)OCC. The lowest BCUT2D eigenvalue weighted by atomic mass is 9.98. The van der Waals surface area contributed by atoms with E-state index in [9.17, 15) is 9.59 Å². The predicted octanol–water partition coefficient (Wildman–Crippen LogP) is 2.14. The Morgan fingerprint density at radius 1 is 1.05 bits per heavy atom. The lowest BCUT2D eigenvalue weighted by Crippen LogP contribution is -2.34. The Balaban J connectivity index is 2.88. The van der Waals surface area contributed by atoms with Crippen LogP contribution in [0.25, 0.3) is 0 Å². The molecular weight excluding hydrogens is 288 g/mol. The maximum Gasteiger partial charge on any atom is 0.330 e. The molecule has 0 amide bonds. The molecular formula is C16H24O6. The van der Waals surface area contributed by atoms with Crippen molar-refractivity contribution in [1.82, 2.24) is 0 Å². The fourth-order valence-corrected chi connectivity index (χ4v) is 2.17. The summed E-state index contributed by atoms with van der Waals surface area (Å²) < 4.78 is 21.3. The second kappa shape index (κ2) is 7.56. The molecule has 6 nitrogen and oxygen atoms in total. The Labute approximate surface area is 131 Å². The summed E-state index contributed by atoms with van der Waals surface area (Å²) in [5, 5.41) is 0. The quantitative estimate of drug-likeness (QED) is 0.553. The fourth-order valence-electron chi connectivity index (χ4n) is 2.17. The summed E-state index contributed by atoms with van der Waals surface area (Å²) in [7, 11) is 0. The zero-order chi connectivity index (χ0) is 16.8. The maximum absolute atomic E-state index is 11.5. The van der Waals surface area contributed by atoms with Crippen LogP contribution in [0.4, 0.5) is 0 Å². The van der Waals surface area contributed by atoms with Crippen LogP contribution in [0.5, 0.6) is 0 Å². The van der Waals surface area contributed by atoms with Crippen molar-refractivity contribution in [1.29, 1.82) is 0 Å². The van der Waals surface area contributed by atoms with Gasteiger partial charge in [-0.25, -0.2) is 9.59 Å². The van der Waals surface area contributed by atoms with Crippen molar-refractivity contribution in [2.75, 3.05) is 13.2 Å².